The second-order valence-corrected chi connectivity index (χ2v) is 2.48. The summed E-state index contributed by atoms with van der Waals surface area (Å²) in [6.45, 7) is 1.58. The zero-order valence-corrected chi connectivity index (χ0v) is 6.78. The average Bonchev–Trinajstić information content (AvgIpc) is 2.03. The lowest BCUT2D eigenvalue weighted by Crippen LogP contribution is -2.25. The molecule has 0 radical (unpaired) electrons. The van der Waals surface area contributed by atoms with Crippen LogP contribution < -0.4 is 0 Å². The highest BCUT2D eigenvalue weighted by molar-refractivity contribution is 5.91. The van der Waals surface area contributed by atoms with Crippen molar-refractivity contribution in [2.75, 3.05) is 13.2 Å². The Balaban J connectivity index is 2.30. The van der Waals surface area contributed by atoms with Gasteiger partial charge in [-0.15, -0.1) is 0 Å². The molecule has 1 aliphatic rings. The number of hydrogen-bond acceptors (Lipinski definition) is 4. The minimum Gasteiger partial charge on any atom is -0.463 e. The first-order valence-corrected chi connectivity index (χ1v) is 3.64. The summed E-state index contributed by atoms with van der Waals surface area (Å²) in [6.07, 6.45) is 2.76. The van der Waals surface area contributed by atoms with Crippen LogP contribution in [-0.2, 0) is 19.1 Å². The molecular formula is C8H10O4. The summed E-state index contributed by atoms with van der Waals surface area (Å²) in [5, 5.41) is 0. The third-order valence-corrected chi connectivity index (χ3v) is 1.39. The SMILES string of the molecule is CC(=O)OCC1C=CC(=O)CO1. The molecule has 1 unspecified atom stereocenters. The van der Waals surface area contributed by atoms with Gasteiger partial charge in [-0.2, -0.15) is 0 Å². The van der Waals surface area contributed by atoms with E-state index in [-0.39, 0.29) is 31.1 Å². The zero-order chi connectivity index (χ0) is 8.97. The smallest absolute Gasteiger partial charge is 0.302 e. The molecule has 0 saturated heterocycles. The highest BCUT2D eigenvalue weighted by atomic mass is 16.6. The van der Waals surface area contributed by atoms with Gasteiger partial charge in [0.1, 0.15) is 19.3 Å². The van der Waals surface area contributed by atoms with Crippen LogP contribution in [-0.4, -0.2) is 31.1 Å². The normalized spacial score (nSPS) is 22.4. The Morgan fingerprint density at radius 3 is 3.08 bits per heavy atom. The quantitative estimate of drug-likeness (QED) is 0.550. The second-order valence-electron chi connectivity index (χ2n) is 2.48. The van der Waals surface area contributed by atoms with Crippen LogP contribution in [0.4, 0.5) is 0 Å². The maximum Gasteiger partial charge on any atom is 0.302 e. The number of ether oxygens (including phenoxy) is 2. The number of carbonyl (C=O) groups is 2. The van der Waals surface area contributed by atoms with Crippen molar-refractivity contribution in [3.63, 3.8) is 0 Å². The Labute approximate surface area is 70.1 Å². The van der Waals surface area contributed by atoms with E-state index in [1.165, 1.54) is 13.0 Å². The number of esters is 1. The molecular weight excluding hydrogens is 160 g/mol. The van der Waals surface area contributed by atoms with Crippen LogP contribution in [0.3, 0.4) is 0 Å². The number of hydrogen-bond donors (Lipinski definition) is 0. The van der Waals surface area contributed by atoms with E-state index in [1.807, 2.05) is 0 Å². The van der Waals surface area contributed by atoms with E-state index in [0.717, 1.165) is 0 Å². The molecule has 12 heavy (non-hydrogen) atoms. The maximum atomic E-state index is 10.6. The summed E-state index contributed by atoms with van der Waals surface area (Å²) in [4.78, 5) is 21.0. The van der Waals surface area contributed by atoms with Crippen molar-refractivity contribution < 1.29 is 19.1 Å². The third kappa shape index (κ3) is 2.84. The fourth-order valence-corrected chi connectivity index (χ4v) is 0.811. The summed E-state index contributed by atoms with van der Waals surface area (Å²) < 4.78 is 9.72. The van der Waals surface area contributed by atoms with Gasteiger partial charge in [0.2, 0.25) is 0 Å². The van der Waals surface area contributed by atoms with Crippen LogP contribution in [0.5, 0.6) is 0 Å². The van der Waals surface area contributed by atoms with Crippen molar-refractivity contribution in [2.45, 2.75) is 13.0 Å². The molecule has 0 aromatic carbocycles. The van der Waals surface area contributed by atoms with Crippen LogP contribution >= 0.6 is 0 Å². The van der Waals surface area contributed by atoms with Gasteiger partial charge < -0.3 is 9.47 Å². The van der Waals surface area contributed by atoms with Crippen molar-refractivity contribution in [1.29, 1.82) is 0 Å². The number of carbonyl (C=O) groups excluding carboxylic acids is 2. The predicted octanol–water partition coefficient (Wildman–Crippen LogP) is 0.0736. The van der Waals surface area contributed by atoms with E-state index in [1.54, 1.807) is 6.08 Å². The first-order chi connectivity index (χ1) is 5.68. The first kappa shape index (κ1) is 8.93. The summed E-state index contributed by atoms with van der Waals surface area (Å²) in [5.41, 5.74) is 0. The molecule has 0 amide bonds. The Morgan fingerprint density at radius 1 is 1.83 bits per heavy atom. The van der Waals surface area contributed by atoms with Gasteiger partial charge >= 0.3 is 5.97 Å². The predicted molar refractivity (Wildman–Crippen MR) is 40.5 cm³/mol. The van der Waals surface area contributed by atoms with Gasteiger partial charge in [0.15, 0.2) is 5.78 Å². The lowest BCUT2D eigenvalue weighted by Gasteiger charge is -2.15. The standard InChI is InChI=1S/C8H10O4/c1-6(9)11-5-8-3-2-7(10)4-12-8/h2-3,8H,4-5H2,1H3. The average molecular weight is 170 g/mol. The van der Waals surface area contributed by atoms with E-state index in [2.05, 4.69) is 0 Å². The van der Waals surface area contributed by atoms with E-state index >= 15 is 0 Å². The Hall–Kier alpha value is -1.16. The lowest BCUT2D eigenvalue weighted by atomic mass is 10.2. The second kappa shape index (κ2) is 4.01. The monoisotopic (exact) mass is 170 g/mol. The maximum absolute atomic E-state index is 10.6. The van der Waals surface area contributed by atoms with Gasteiger partial charge in [-0.1, -0.05) is 0 Å². The van der Waals surface area contributed by atoms with Crippen LogP contribution in [0.15, 0.2) is 12.2 Å². The molecule has 0 bridgehead atoms. The molecule has 1 heterocycles. The molecule has 4 heteroatoms. The molecule has 1 aliphatic heterocycles. The fourth-order valence-electron chi connectivity index (χ4n) is 0.811. The Kier molecular flexibility index (Phi) is 2.99. The number of ketones is 1. The molecule has 0 saturated carbocycles. The fraction of sp³-hybridized carbons (Fsp3) is 0.500. The highest BCUT2D eigenvalue weighted by Gasteiger charge is 2.13. The van der Waals surface area contributed by atoms with Crippen molar-refractivity contribution in [3.8, 4) is 0 Å². The summed E-state index contributed by atoms with van der Waals surface area (Å²) in [5.74, 6) is -0.405. The molecule has 0 aliphatic carbocycles. The topological polar surface area (TPSA) is 52.6 Å². The van der Waals surface area contributed by atoms with Crippen LogP contribution in [0.25, 0.3) is 0 Å². The molecule has 0 fully saturated rings. The summed E-state index contributed by atoms with van der Waals surface area (Å²) >= 11 is 0. The van der Waals surface area contributed by atoms with E-state index in [9.17, 15) is 9.59 Å². The minimum atomic E-state index is -0.344. The van der Waals surface area contributed by atoms with Gasteiger partial charge in [0.05, 0.1) is 0 Å². The molecule has 0 spiro atoms. The summed E-state index contributed by atoms with van der Waals surface area (Å²) in [6, 6.07) is 0. The van der Waals surface area contributed by atoms with Gasteiger partial charge in [0.25, 0.3) is 0 Å². The van der Waals surface area contributed by atoms with Crippen LogP contribution in [0, 0.1) is 0 Å². The first-order valence-electron chi connectivity index (χ1n) is 3.64. The molecule has 0 aromatic heterocycles. The van der Waals surface area contributed by atoms with Crippen molar-refractivity contribution in [2.24, 2.45) is 0 Å². The highest BCUT2D eigenvalue weighted by Crippen LogP contribution is 2.02. The molecule has 0 aromatic rings. The Morgan fingerprint density at radius 2 is 2.58 bits per heavy atom. The Bertz CT molecular complexity index is 219. The van der Waals surface area contributed by atoms with E-state index in [4.69, 9.17) is 9.47 Å². The molecule has 66 valence electrons. The van der Waals surface area contributed by atoms with E-state index in [0.29, 0.717) is 0 Å². The zero-order valence-electron chi connectivity index (χ0n) is 6.78. The van der Waals surface area contributed by atoms with Crippen LogP contribution in [0.1, 0.15) is 6.92 Å². The van der Waals surface area contributed by atoms with Gasteiger partial charge in [-0.25, -0.2) is 0 Å². The lowest BCUT2D eigenvalue weighted by molar-refractivity contribution is -0.144. The van der Waals surface area contributed by atoms with Crippen molar-refractivity contribution >= 4 is 11.8 Å². The number of rotatable bonds is 2. The van der Waals surface area contributed by atoms with E-state index < -0.39 is 0 Å². The van der Waals surface area contributed by atoms with Gasteiger partial charge in [-0.3, -0.25) is 9.59 Å². The van der Waals surface area contributed by atoms with Crippen molar-refractivity contribution in [3.05, 3.63) is 12.2 Å². The minimum absolute atomic E-state index is 0.0610. The van der Waals surface area contributed by atoms with Crippen molar-refractivity contribution in [1.82, 2.24) is 0 Å². The molecule has 1 rings (SSSR count). The molecule has 1 atom stereocenters. The largest absolute Gasteiger partial charge is 0.463 e. The molecule has 4 nitrogen and oxygen atoms in total. The van der Waals surface area contributed by atoms with Crippen LogP contribution in [0.2, 0.25) is 0 Å². The summed E-state index contributed by atoms with van der Waals surface area (Å²) in [7, 11) is 0. The van der Waals surface area contributed by atoms with Gasteiger partial charge in [0, 0.05) is 6.92 Å². The third-order valence-electron chi connectivity index (χ3n) is 1.39. The molecule has 0 N–H and O–H groups in total. The van der Waals surface area contributed by atoms with Gasteiger partial charge in [-0.05, 0) is 12.2 Å².